The maximum atomic E-state index is 12.4. The maximum absolute atomic E-state index is 12.4. The molecule has 0 aliphatic rings. The van der Waals surface area contributed by atoms with Gasteiger partial charge in [-0.05, 0) is 12.1 Å². The summed E-state index contributed by atoms with van der Waals surface area (Å²) in [6, 6.07) is 4.50. The molecule has 0 radical (unpaired) electrons. The summed E-state index contributed by atoms with van der Waals surface area (Å²) in [5, 5.41) is 36.5. The molecule has 1 heterocycles. The van der Waals surface area contributed by atoms with E-state index in [4.69, 9.17) is 20.4 Å². The number of carbonyl (C=O) groups is 2. The van der Waals surface area contributed by atoms with Gasteiger partial charge in [-0.15, -0.1) is 0 Å². The molecule has 9 nitrogen and oxygen atoms in total. The molecule has 0 aromatic carbocycles. The average Bonchev–Trinajstić information content (AvgIpc) is 2.68. The number of nitrogens with zero attached hydrogens (tertiary/aromatic N) is 3. The Morgan fingerprint density at radius 2 is 1.19 bits per heavy atom. The molecule has 4 N–H and O–H groups in total. The topological polar surface area (TPSA) is 134 Å². The second kappa shape index (κ2) is 10.8. The summed E-state index contributed by atoms with van der Waals surface area (Å²) in [5.41, 5.74) is 0.143. The number of hydrogen-bond acceptors (Lipinski definition) is 7. The summed E-state index contributed by atoms with van der Waals surface area (Å²) >= 11 is 0. The Kier molecular flexibility index (Phi) is 9.14. The van der Waals surface area contributed by atoms with Gasteiger partial charge in [-0.25, -0.2) is 4.98 Å². The van der Waals surface area contributed by atoms with Gasteiger partial charge in [0.15, 0.2) is 0 Å². The maximum Gasteiger partial charge on any atom is 0.272 e. The standard InChI is InChI=1S/C17H27N3O6/c1-19(6-12(8-21)9-22)16(25)14-4-3-5-15(18-14)17(26)20(2)7-13(10-23)11-24/h3-5,12-13,21-24H,6-11H2,1-2H3. The van der Waals surface area contributed by atoms with Crippen LogP contribution in [0.15, 0.2) is 18.2 Å². The minimum absolute atomic E-state index is 0.0715. The molecule has 0 bridgehead atoms. The monoisotopic (exact) mass is 369 g/mol. The summed E-state index contributed by atoms with van der Waals surface area (Å²) in [6.07, 6.45) is 0. The first-order valence-electron chi connectivity index (χ1n) is 8.29. The number of carbonyl (C=O) groups excluding carboxylic acids is 2. The van der Waals surface area contributed by atoms with Crippen molar-refractivity contribution >= 4 is 11.8 Å². The first kappa shape index (κ1) is 22.0. The van der Waals surface area contributed by atoms with E-state index in [2.05, 4.69) is 4.98 Å². The fourth-order valence-electron chi connectivity index (χ4n) is 2.35. The van der Waals surface area contributed by atoms with Crippen molar-refractivity contribution in [1.82, 2.24) is 14.8 Å². The van der Waals surface area contributed by atoms with Crippen molar-refractivity contribution in [3.63, 3.8) is 0 Å². The number of amides is 2. The molecule has 1 aromatic heterocycles. The van der Waals surface area contributed by atoms with Crippen LogP contribution in [0.2, 0.25) is 0 Å². The third-order valence-electron chi connectivity index (χ3n) is 3.98. The minimum atomic E-state index is -0.450. The Labute approximate surface area is 152 Å². The number of pyridine rings is 1. The molecule has 1 aromatic rings. The van der Waals surface area contributed by atoms with Gasteiger partial charge < -0.3 is 30.2 Å². The lowest BCUT2D eigenvalue weighted by Crippen LogP contribution is -2.36. The van der Waals surface area contributed by atoms with E-state index in [0.29, 0.717) is 0 Å². The summed E-state index contributed by atoms with van der Waals surface area (Å²) in [5.74, 6) is -1.77. The quantitative estimate of drug-likeness (QED) is 0.391. The van der Waals surface area contributed by atoms with E-state index in [-0.39, 0.29) is 50.9 Å². The Morgan fingerprint density at radius 3 is 1.50 bits per heavy atom. The number of aliphatic hydroxyl groups is 4. The zero-order chi connectivity index (χ0) is 19.7. The number of aliphatic hydroxyl groups excluding tert-OH is 4. The molecule has 0 aliphatic carbocycles. The highest BCUT2D eigenvalue weighted by Crippen LogP contribution is 2.08. The second-order valence-electron chi connectivity index (χ2n) is 6.24. The van der Waals surface area contributed by atoms with E-state index >= 15 is 0 Å². The highest BCUT2D eigenvalue weighted by Gasteiger charge is 2.21. The normalized spacial score (nSPS) is 11.1. The smallest absolute Gasteiger partial charge is 0.272 e. The minimum Gasteiger partial charge on any atom is -0.396 e. The van der Waals surface area contributed by atoms with Crippen molar-refractivity contribution in [3.05, 3.63) is 29.6 Å². The van der Waals surface area contributed by atoms with Crippen molar-refractivity contribution in [2.75, 3.05) is 53.6 Å². The van der Waals surface area contributed by atoms with Gasteiger partial charge in [0.2, 0.25) is 0 Å². The van der Waals surface area contributed by atoms with E-state index in [9.17, 15) is 9.59 Å². The molecule has 0 saturated carbocycles. The van der Waals surface area contributed by atoms with E-state index in [1.807, 2.05) is 0 Å². The van der Waals surface area contributed by atoms with Gasteiger partial charge in [-0.2, -0.15) is 0 Å². The third-order valence-corrected chi connectivity index (χ3v) is 3.98. The summed E-state index contributed by atoms with van der Waals surface area (Å²) in [4.78, 5) is 31.6. The summed E-state index contributed by atoms with van der Waals surface area (Å²) in [7, 11) is 3.05. The number of hydrogen-bond donors (Lipinski definition) is 4. The van der Waals surface area contributed by atoms with Gasteiger partial charge in [0.25, 0.3) is 11.8 Å². The van der Waals surface area contributed by atoms with Crippen LogP contribution in [-0.4, -0.2) is 101 Å². The molecule has 0 atom stereocenters. The van der Waals surface area contributed by atoms with Crippen LogP contribution in [0, 0.1) is 11.8 Å². The van der Waals surface area contributed by atoms with Crippen LogP contribution in [-0.2, 0) is 0 Å². The first-order valence-corrected chi connectivity index (χ1v) is 8.29. The van der Waals surface area contributed by atoms with Gasteiger partial charge in [-0.3, -0.25) is 9.59 Å². The lowest BCUT2D eigenvalue weighted by Gasteiger charge is -2.22. The van der Waals surface area contributed by atoms with Crippen molar-refractivity contribution < 1.29 is 30.0 Å². The molecule has 146 valence electrons. The molecule has 0 aliphatic heterocycles. The van der Waals surface area contributed by atoms with Crippen LogP contribution in [0.4, 0.5) is 0 Å². The van der Waals surface area contributed by atoms with Gasteiger partial charge >= 0.3 is 0 Å². The number of aromatic nitrogens is 1. The molecule has 0 spiro atoms. The second-order valence-corrected chi connectivity index (χ2v) is 6.24. The van der Waals surface area contributed by atoms with E-state index in [1.165, 1.54) is 36.0 Å². The van der Waals surface area contributed by atoms with Crippen LogP contribution in [0.5, 0.6) is 0 Å². The van der Waals surface area contributed by atoms with E-state index < -0.39 is 23.7 Å². The molecule has 26 heavy (non-hydrogen) atoms. The zero-order valence-electron chi connectivity index (χ0n) is 15.1. The molecule has 0 fully saturated rings. The van der Waals surface area contributed by atoms with Gasteiger partial charge in [0.1, 0.15) is 11.4 Å². The van der Waals surface area contributed by atoms with Crippen LogP contribution in [0.1, 0.15) is 21.0 Å². The highest BCUT2D eigenvalue weighted by molar-refractivity contribution is 5.96. The Hall–Kier alpha value is -2.07. The van der Waals surface area contributed by atoms with Crippen LogP contribution in [0.3, 0.4) is 0 Å². The lowest BCUT2D eigenvalue weighted by molar-refractivity contribution is 0.0690. The first-order chi connectivity index (χ1) is 12.4. The van der Waals surface area contributed by atoms with Crippen LogP contribution in [0.25, 0.3) is 0 Å². The van der Waals surface area contributed by atoms with Crippen molar-refractivity contribution in [3.8, 4) is 0 Å². The highest BCUT2D eigenvalue weighted by atomic mass is 16.3. The third kappa shape index (κ3) is 6.03. The van der Waals surface area contributed by atoms with Crippen LogP contribution >= 0.6 is 0 Å². The van der Waals surface area contributed by atoms with E-state index in [1.54, 1.807) is 6.07 Å². The van der Waals surface area contributed by atoms with Crippen LogP contribution < -0.4 is 0 Å². The molecule has 0 saturated heterocycles. The predicted octanol–water partition coefficient (Wildman–Crippen LogP) is -1.57. The Morgan fingerprint density at radius 1 is 0.846 bits per heavy atom. The molecular weight excluding hydrogens is 342 g/mol. The van der Waals surface area contributed by atoms with Crippen molar-refractivity contribution in [1.29, 1.82) is 0 Å². The Balaban J connectivity index is 2.86. The van der Waals surface area contributed by atoms with Crippen molar-refractivity contribution in [2.45, 2.75) is 0 Å². The molecule has 9 heteroatoms. The van der Waals surface area contributed by atoms with Gasteiger partial charge in [0, 0.05) is 65.4 Å². The number of rotatable bonds is 10. The SMILES string of the molecule is CN(CC(CO)CO)C(=O)c1cccc(C(=O)N(C)CC(CO)CO)n1. The van der Waals surface area contributed by atoms with Crippen molar-refractivity contribution in [2.24, 2.45) is 11.8 Å². The summed E-state index contributed by atoms with van der Waals surface area (Å²) in [6.45, 7) is -0.687. The molecule has 1 rings (SSSR count). The fourth-order valence-corrected chi connectivity index (χ4v) is 2.35. The fraction of sp³-hybridized carbons (Fsp3) is 0.588. The summed E-state index contributed by atoms with van der Waals surface area (Å²) < 4.78 is 0. The molecular formula is C17H27N3O6. The largest absolute Gasteiger partial charge is 0.396 e. The van der Waals surface area contributed by atoms with Gasteiger partial charge in [0.05, 0.1) is 0 Å². The molecule has 0 unspecified atom stereocenters. The lowest BCUT2D eigenvalue weighted by atomic mass is 10.1. The molecule has 2 amide bonds. The predicted molar refractivity (Wildman–Crippen MR) is 93.5 cm³/mol. The zero-order valence-corrected chi connectivity index (χ0v) is 15.1. The average molecular weight is 369 g/mol. The Bertz CT molecular complexity index is 542. The van der Waals surface area contributed by atoms with Gasteiger partial charge in [-0.1, -0.05) is 6.07 Å². The van der Waals surface area contributed by atoms with E-state index in [0.717, 1.165) is 0 Å².